The highest BCUT2D eigenvalue weighted by molar-refractivity contribution is 5.84. The van der Waals surface area contributed by atoms with Gasteiger partial charge < -0.3 is 60.6 Å². The average molecular weight is 1210 g/mol. The second kappa shape index (κ2) is 32.8. The van der Waals surface area contributed by atoms with Crippen LogP contribution in [0, 0.1) is 57.7 Å². The zero-order valence-corrected chi connectivity index (χ0v) is 53.7. The number of esters is 1. The van der Waals surface area contributed by atoms with E-state index in [0.29, 0.717) is 54.8 Å². The van der Waals surface area contributed by atoms with Crippen LogP contribution in [0.1, 0.15) is 273 Å². The number of hydrogen-bond donors (Lipinski definition) is 9. The molecule has 85 heavy (non-hydrogen) atoms. The molecule has 9 N–H and O–H groups in total. The highest BCUT2D eigenvalue weighted by atomic mass is 19.1. The molecule has 2 amide bonds. The molecule has 0 aromatic heterocycles. The van der Waals surface area contributed by atoms with Gasteiger partial charge in [-0.2, -0.15) is 0 Å². The van der Waals surface area contributed by atoms with E-state index < -0.39 is 79.8 Å². The van der Waals surface area contributed by atoms with Gasteiger partial charge in [-0.15, -0.1) is 0 Å². The van der Waals surface area contributed by atoms with Crippen molar-refractivity contribution in [1.82, 2.24) is 10.6 Å². The summed E-state index contributed by atoms with van der Waals surface area (Å²) >= 11 is 0. The van der Waals surface area contributed by atoms with Crippen LogP contribution >= 0.6 is 0 Å². The molecule has 7 aliphatic carbocycles. The van der Waals surface area contributed by atoms with Crippen molar-refractivity contribution in [1.29, 1.82) is 0 Å². The second-order valence-electron chi connectivity index (χ2n) is 30.2. The van der Waals surface area contributed by atoms with Gasteiger partial charge in [0.05, 0.1) is 31.0 Å². The Morgan fingerprint density at radius 2 is 1.22 bits per heavy atom. The predicted molar refractivity (Wildman–Crippen MR) is 327 cm³/mol. The molecule has 8 rings (SSSR count). The van der Waals surface area contributed by atoms with E-state index in [0.717, 1.165) is 128 Å². The minimum atomic E-state index is -1.77. The number of rotatable bonds is 39. The molecule has 7 saturated carbocycles. The number of unbranched alkanes of at least 4 members (excludes halogenated alkanes) is 18. The molecular weight excluding hydrogens is 1080 g/mol. The van der Waals surface area contributed by atoms with Crippen molar-refractivity contribution in [2.45, 2.75) is 346 Å². The Morgan fingerprint density at radius 1 is 0.647 bits per heavy atom. The third-order valence-electron chi connectivity index (χ3n) is 23.4. The van der Waals surface area contributed by atoms with Crippen molar-refractivity contribution in [3.05, 3.63) is 0 Å². The molecule has 8 fully saturated rings. The third-order valence-corrected chi connectivity index (χ3v) is 23.4. The van der Waals surface area contributed by atoms with Crippen molar-refractivity contribution in [2.24, 2.45) is 57.7 Å². The quantitative estimate of drug-likeness (QED) is 0.0206. The van der Waals surface area contributed by atoms with Crippen LogP contribution in [0.2, 0.25) is 0 Å². The number of fused-ring (bicyclic) bond motifs is 5. The fraction of sp³-hybridized carbons (Fsp3) is 0.957. The largest absolute Gasteiger partial charge is 0.461 e. The summed E-state index contributed by atoms with van der Waals surface area (Å²) in [6.45, 7) is 12.0. The molecule has 2 bridgehead atoms. The molecule has 1 saturated heterocycles. The number of aliphatic hydroxyl groups is 7. The molecule has 15 nitrogen and oxygen atoms in total. The Bertz CT molecular complexity index is 2010. The molecule has 16 heteroatoms. The van der Waals surface area contributed by atoms with Crippen LogP contribution in [0.4, 0.5) is 4.39 Å². The van der Waals surface area contributed by atoms with E-state index in [1.165, 1.54) is 64.2 Å². The first-order valence-electron chi connectivity index (χ1n) is 35.0. The number of aliphatic hydroxyl groups excluding tert-OH is 7. The van der Waals surface area contributed by atoms with Crippen LogP contribution in [-0.4, -0.2) is 140 Å². The van der Waals surface area contributed by atoms with Gasteiger partial charge in [0, 0.05) is 12.8 Å². The average Bonchev–Trinajstić information content (AvgIpc) is 1.38. The van der Waals surface area contributed by atoms with Crippen molar-refractivity contribution >= 4 is 17.8 Å². The van der Waals surface area contributed by atoms with E-state index in [1.807, 2.05) is 0 Å². The SMILES string of the molecule is CCCCCCCCCCCCCC[C@@H](O)[C@@H](O)[C@H](COC1OC(COC(=O)[C@@H](NC(=O)CC[C@@H](C)C2CCC3C4C(CC[C@@]32C)[C@@]2(C)CC[C@@H](O)CC2C[C@H]4O)C(C)C)C(O)C(O)C1O)NC(=O)CCCCCCCCCCC12CC(F)(C1)C2. The van der Waals surface area contributed by atoms with Crippen molar-refractivity contribution in [3.8, 4) is 0 Å². The fourth-order valence-electron chi connectivity index (χ4n) is 18.2. The van der Waals surface area contributed by atoms with Crippen molar-refractivity contribution in [2.75, 3.05) is 13.2 Å². The van der Waals surface area contributed by atoms with Crippen molar-refractivity contribution < 1.29 is 68.7 Å². The van der Waals surface area contributed by atoms with Crippen LogP contribution in [0.5, 0.6) is 0 Å². The van der Waals surface area contributed by atoms with Crippen LogP contribution < -0.4 is 10.6 Å². The number of alkyl halides is 1. The number of carbonyl (C=O) groups excluding carboxylic acids is 3. The summed E-state index contributed by atoms with van der Waals surface area (Å²) in [5.74, 6) is 0.435. The van der Waals surface area contributed by atoms with Gasteiger partial charge in [0.2, 0.25) is 11.8 Å². The molecule has 1 heterocycles. The zero-order valence-electron chi connectivity index (χ0n) is 53.7. The van der Waals surface area contributed by atoms with Crippen LogP contribution in [0.25, 0.3) is 0 Å². The topological polar surface area (TPSA) is 245 Å². The molecule has 1 aliphatic heterocycles. The summed E-state index contributed by atoms with van der Waals surface area (Å²) < 4.78 is 31.5. The molecule has 0 aromatic carbocycles. The maximum atomic E-state index is 13.9. The number of nitrogens with one attached hydrogen (secondary N) is 2. The lowest BCUT2D eigenvalue weighted by atomic mass is 9.41. The highest BCUT2D eigenvalue weighted by Gasteiger charge is 2.68. The third kappa shape index (κ3) is 18.6. The monoisotopic (exact) mass is 1200 g/mol. The van der Waals surface area contributed by atoms with Crippen LogP contribution in [0.15, 0.2) is 0 Å². The lowest BCUT2D eigenvalue weighted by Gasteiger charge is -2.66. The van der Waals surface area contributed by atoms with Crippen molar-refractivity contribution in [3.63, 3.8) is 0 Å². The Balaban J connectivity index is 0.848. The van der Waals surface area contributed by atoms with E-state index in [4.69, 9.17) is 14.2 Å². The smallest absolute Gasteiger partial charge is 0.328 e. The van der Waals surface area contributed by atoms with E-state index >= 15 is 0 Å². The van der Waals surface area contributed by atoms with Gasteiger partial charge in [0.15, 0.2) is 6.29 Å². The first-order chi connectivity index (χ1) is 40.5. The Hall–Kier alpha value is -2.02. The first kappa shape index (κ1) is 70.4. The summed E-state index contributed by atoms with van der Waals surface area (Å²) in [6.07, 6.45) is 23.3. The standard InChI is InChI=1S/C69H121FN2O13/c1-7-8-9-10-11-12-13-14-15-18-21-24-27-53(74)60(78)52(71-56(76)28-25-22-19-16-17-20-23-26-35-68-42-69(70,43-68)44-68)40-84-65-63(81)62(80)61(79)55(85-65)41-83-64(82)59(45(2)3)72-57(77)32-29-46(4)49-30-31-50-58-51(34-37-67(49,50)6)66(5)36-33-48(73)38-47(66)39-54(58)75/h45-55,58-63,65,73-75,78-81H,7-44H2,1-6H3,(H,71,76)(H,72,77)/t46-,47?,48-,49?,50?,51?,52+,53-,54-,55?,58?,59+,60+,61?,62?,63?,65?,66+,67-,68?,69?/m1/s1. The van der Waals surface area contributed by atoms with Gasteiger partial charge in [-0.25, -0.2) is 9.18 Å². The van der Waals surface area contributed by atoms with Crippen LogP contribution in [0.3, 0.4) is 0 Å². The minimum absolute atomic E-state index is 0.0615. The summed E-state index contributed by atoms with van der Waals surface area (Å²) in [6, 6.07) is -2.12. The van der Waals surface area contributed by atoms with E-state index in [1.54, 1.807) is 13.8 Å². The molecule has 8 aliphatic rings. The maximum absolute atomic E-state index is 13.9. The number of hydrogen-bond acceptors (Lipinski definition) is 13. The number of amides is 2. The lowest BCUT2D eigenvalue weighted by molar-refractivity contribution is -0.303. The normalized spacial score (nSPS) is 36.6. The van der Waals surface area contributed by atoms with Gasteiger partial charge in [0.1, 0.15) is 48.8 Å². The van der Waals surface area contributed by atoms with Gasteiger partial charge in [0.25, 0.3) is 0 Å². The van der Waals surface area contributed by atoms with Gasteiger partial charge >= 0.3 is 5.97 Å². The number of ether oxygens (including phenoxy) is 3. The first-order valence-corrected chi connectivity index (χ1v) is 35.0. The molecular formula is C69H121FN2O13. The van der Waals surface area contributed by atoms with E-state index in [2.05, 4.69) is 38.3 Å². The fourth-order valence-corrected chi connectivity index (χ4v) is 18.2. The molecule has 492 valence electrons. The number of halogens is 1. The molecule has 0 radical (unpaired) electrons. The van der Waals surface area contributed by atoms with Gasteiger partial charge in [-0.1, -0.05) is 164 Å². The van der Waals surface area contributed by atoms with E-state index in [-0.39, 0.29) is 65.4 Å². The minimum Gasteiger partial charge on any atom is -0.461 e. The molecule has 0 spiro atoms. The van der Waals surface area contributed by atoms with Gasteiger partial charge in [-0.05, 0) is 154 Å². The summed E-state index contributed by atoms with van der Waals surface area (Å²) in [5.41, 5.74) is -0.300. The molecule has 19 atom stereocenters. The Kier molecular flexibility index (Phi) is 27.2. The number of carbonyl (C=O) groups is 3. The second-order valence-corrected chi connectivity index (χ2v) is 30.2. The maximum Gasteiger partial charge on any atom is 0.328 e. The summed E-state index contributed by atoms with van der Waals surface area (Å²) in [7, 11) is 0. The Morgan fingerprint density at radius 3 is 1.85 bits per heavy atom. The van der Waals surface area contributed by atoms with Gasteiger partial charge in [-0.3, -0.25) is 9.59 Å². The predicted octanol–water partition coefficient (Wildman–Crippen LogP) is 11.0. The van der Waals surface area contributed by atoms with E-state index in [9.17, 15) is 54.5 Å². The summed E-state index contributed by atoms with van der Waals surface area (Å²) in [4.78, 5) is 40.8. The lowest BCUT2D eigenvalue weighted by Crippen LogP contribution is -2.64. The highest BCUT2D eigenvalue weighted by Crippen LogP contribution is 2.72. The molecule has 0 aromatic rings. The zero-order chi connectivity index (χ0) is 61.5. The Labute approximate surface area is 511 Å². The van der Waals surface area contributed by atoms with Crippen LogP contribution in [-0.2, 0) is 28.6 Å². The molecule has 10 unspecified atom stereocenters. The summed E-state index contributed by atoms with van der Waals surface area (Å²) in [5, 5.41) is 84.0.